The number of aliphatic hydroxyl groups excluding tert-OH is 1. The van der Waals surface area contributed by atoms with Crippen LogP contribution in [0.5, 0.6) is 0 Å². The summed E-state index contributed by atoms with van der Waals surface area (Å²) >= 11 is 0. The first-order chi connectivity index (χ1) is 9.95. The molecule has 0 aromatic heterocycles. The lowest BCUT2D eigenvalue weighted by Gasteiger charge is -2.56. The molecule has 0 spiro atoms. The molecule has 6 atom stereocenters. The Labute approximate surface area is 128 Å². The van der Waals surface area contributed by atoms with Crippen LogP contribution in [0.2, 0.25) is 0 Å². The van der Waals surface area contributed by atoms with Gasteiger partial charge in [-0.15, -0.1) is 0 Å². The van der Waals surface area contributed by atoms with Crippen molar-refractivity contribution in [3.63, 3.8) is 0 Å². The highest BCUT2D eigenvalue weighted by Gasteiger charge is 2.58. The van der Waals surface area contributed by atoms with Crippen molar-refractivity contribution in [3.05, 3.63) is 11.6 Å². The zero-order chi connectivity index (χ0) is 14.8. The molecular formula is C19H28O2. The molecular weight excluding hydrogens is 260 g/mol. The molecule has 0 aliphatic heterocycles. The predicted octanol–water partition coefficient (Wildman–Crippen LogP) is 3.88. The van der Waals surface area contributed by atoms with Crippen molar-refractivity contribution in [1.29, 1.82) is 0 Å². The molecule has 0 saturated heterocycles. The third-order valence-electron chi connectivity index (χ3n) is 7.79. The summed E-state index contributed by atoms with van der Waals surface area (Å²) in [4.78, 5) is 12.4. The molecule has 0 heterocycles. The zero-order valence-electron chi connectivity index (χ0n) is 13.4. The fraction of sp³-hybridized carbons (Fsp3) is 0.842. The number of allylic oxidation sites excluding steroid dienone is 1. The van der Waals surface area contributed by atoms with E-state index >= 15 is 0 Å². The van der Waals surface area contributed by atoms with Gasteiger partial charge in [0.25, 0.3) is 0 Å². The number of carbonyl (C=O) groups is 1. The van der Waals surface area contributed by atoms with Crippen molar-refractivity contribution in [2.24, 2.45) is 28.6 Å². The van der Waals surface area contributed by atoms with Crippen LogP contribution in [0.4, 0.5) is 0 Å². The average molecular weight is 288 g/mol. The Bertz CT molecular complexity index is 508. The van der Waals surface area contributed by atoms with Crippen LogP contribution in [0.25, 0.3) is 0 Å². The van der Waals surface area contributed by atoms with Crippen LogP contribution < -0.4 is 0 Å². The van der Waals surface area contributed by atoms with Gasteiger partial charge < -0.3 is 5.11 Å². The van der Waals surface area contributed by atoms with Crippen molar-refractivity contribution in [3.8, 4) is 0 Å². The molecule has 116 valence electrons. The minimum absolute atomic E-state index is 0.0168. The first-order valence-electron chi connectivity index (χ1n) is 8.86. The summed E-state index contributed by atoms with van der Waals surface area (Å²) in [5, 5.41) is 10.00. The van der Waals surface area contributed by atoms with E-state index in [2.05, 4.69) is 19.9 Å². The molecule has 2 heteroatoms. The van der Waals surface area contributed by atoms with Crippen LogP contribution in [-0.4, -0.2) is 17.0 Å². The number of Topliss-reactive ketones (excluding diaryl/α,β-unsaturated/α-hetero) is 1. The number of rotatable bonds is 0. The lowest BCUT2D eigenvalue weighted by Crippen LogP contribution is -2.50. The highest BCUT2D eigenvalue weighted by atomic mass is 16.3. The van der Waals surface area contributed by atoms with Gasteiger partial charge >= 0.3 is 0 Å². The van der Waals surface area contributed by atoms with E-state index in [-0.39, 0.29) is 11.5 Å². The molecule has 4 aliphatic rings. The Morgan fingerprint density at radius 1 is 1.10 bits per heavy atom. The Morgan fingerprint density at radius 3 is 2.62 bits per heavy atom. The van der Waals surface area contributed by atoms with E-state index in [4.69, 9.17) is 0 Å². The van der Waals surface area contributed by atoms with Crippen LogP contribution in [0.1, 0.15) is 65.2 Å². The second kappa shape index (κ2) is 4.44. The van der Waals surface area contributed by atoms with Gasteiger partial charge in [0.05, 0.1) is 6.10 Å². The third kappa shape index (κ3) is 1.78. The Kier molecular flexibility index (Phi) is 2.96. The molecule has 0 amide bonds. The van der Waals surface area contributed by atoms with E-state index in [0.717, 1.165) is 50.9 Å². The lowest BCUT2D eigenvalue weighted by molar-refractivity contribution is -0.132. The quantitative estimate of drug-likeness (QED) is 0.687. The van der Waals surface area contributed by atoms with Gasteiger partial charge in [-0.25, -0.2) is 0 Å². The van der Waals surface area contributed by atoms with E-state index in [9.17, 15) is 9.90 Å². The van der Waals surface area contributed by atoms with Crippen LogP contribution >= 0.6 is 0 Å². The van der Waals surface area contributed by atoms with E-state index in [1.165, 1.54) is 12.0 Å². The predicted molar refractivity (Wildman–Crippen MR) is 82.7 cm³/mol. The second-order valence-electron chi connectivity index (χ2n) is 8.57. The summed E-state index contributed by atoms with van der Waals surface area (Å²) in [6.07, 6.45) is 10.7. The number of fused-ring (bicyclic) bond motifs is 5. The molecule has 0 bridgehead atoms. The van der Waals surface area contributed by atoms with Gasteiger partial charge in [-0.1, -0.05) is 25.5 Å². The highest BCUT2D eigenvalue weighted by Crippen LogP contribution is 2.63. The smallest absolute Gasteiger partial charge is 0.139 e. The van der Waals surface area contributed by atoms with Crippen molar-refractivity contribution >= 4 is 5.78 Å². The van der Waals surface area contributed by atoms with E-state index in [0.29, 0.717) is 23.0 Å². The van der Waals surface area contributed by atoms with E-state index in [1.54, 1.807) is 0 Å². The molecule has 4 rings (SSSR count). The summed E-state index contributed by atoms with van der Waals surface area (Å²) < 4.78 is 0. The SMILES string of the molecule is C[C@]12CC[C@H](O)CC1=CCC1C2CC[C@]2(C)C(=O)CCC12. The second-order valence-corrected chi connectivity index (χ2v) is 8.57. The van der Waals surface area contributed by atoms with Crippen LogP contribution in [0.3, 0.4) is 0 Å². The first kappa shape index (κ1) is 14.0. The maximum atomic E-state index is 12.4. The van der Waals surface area contributed by atoms with E-state index in [1.807, 2.05) is 0 Å². The monoisotopic (exact) mass is 288 g/mol. The van der Waals surface area contributed by atoms with Gasteiger partial charge in [-0.3, -0.25) is 4.79 Å². The molecule has 3 saturated carbocycles. The fourth-order valence-electron chi connectivity index (χ4n) is 6.41. The summed E-state index contributed by atoms with van der Waals surface area (Å²) in [5.41, 5.74) is 1.81. The van der Waals surface area contributed by atoms with Gasteiger partial charge in [-0.05, 0) is 68.1 Å². The standard InChI is InChI=1S/C19H28O2/c1-18-9-7-13(20)11-12(18)3-4-14-15-5-6-17(21)19(15,2)10-8-16(14)18/h3,13-16,20H,4-11H2,1-2H3/t13-,14?,15?,16?,18-,19-/m0/s1. The van der Waals surface area contributed by atoms with Crippen LogP contribution in [0.15, 0.2) is 11.6 Å². The largest absolute Gasteiger partial charge is 0.393 e. The Morgan fingerprint density at radius 2 is 1.81 bits per heavy atom. The molecule has 2 nitrogen and oxygen atoms in total. The summed E-state index contributed by atoms with van der Waals surface area (Å²) in [7, 11) is 0. The average Bonchev–Trinajstić information content (AvgIpc) is 2.76. The third-order valence-corrected chi connectivity index (χ3v) is 7.79. The summed E-state index contributed by atoms with van der Waals surface area (Å²) in [6, 6.07) is 0. The zero-order valence-corrected chi connectivity index (χ0v) is 13.4. The van der Waals surface area contributed by atoms with Crippen molar-refractivity contribution < 1.29 is 9.90 Å². The minimum Gasteiger partial charge on any atom is -0.393 e. The van der Waals surface area contributed by atoms with E-state index < -0.39 is 0 Å². The molecule has 0 aromatic rings. The Hall–Kier alpha value is -0.630. The minimum atomic E-state index is -0.122. The summed E-state index contributed by atoms with van der Waals surface area (Å²) in [5.74, 6) is 2.60. The van der Waals surface area contributed by atoms with Gasteiger partial charge in [0.1, 0.15) is 5.78 Å². The van der Waals surface area contributed by atoms with Crippen LogP contribution in [0, 0.1) is 28.6 Å². The molecule has 3 unspecified atom stereocenters. The maximum Gasteiger partial charge on any atom is 0.139 e. The van der Waals surface area contributed by atoms with Gasteiger partial charge in [-0.2, -0.15) is 0 Å². The number of carbonyl (C=O) groups excluding carboxylic acids is 1. The number of hydrogen-bond acceptors (Lipinski definition) is 2. The molecule has 0 aromatic carbocycles. The van der Waals surface area contributed by atoms with Crippen molar-refractivity contribution in [1.82, 2.24) is 0 Å². The number of aliphatic hydroxyl groups is 1. The summed E-state index contributed by atoms with van der Waals surface area (Å²) in [6.45, 7) is 4.69. The fourth-order valence-corrected chi connectivity index (χ4v) is 6.41. The van der Waals surface area contributed by atoms with Gasteiger partial charge in [0.15, 0.2) is 0 Å². The van der Waals surface area contributed by atoms with Gasteiger partial charge in [0, 0.05) is 11.8 Å². The Balaban J connectivity index is 1.69. The molecule has 4 aliphatic carbocycles. The van der Waals surface area contributed by atoms with Crippen molar-refractivity contribution in [2.75, 3.05) is 0 Å². The molecule has 21 heavy (non-hydrogen) atoms. The number of ketones is 1. The molecule has 1 N–H and O–H groups in total. The van der Waals surface area contributed by atoms with Crippen LogP contribution in [-0.2, 0) is 4.79 Å². The topological polar surface area (TPSA) is 37.3 Å². The highest BCUT2D eigenvalue weighted by molar-refractivity contribution is 5.87. The number of hydrogen-bond donors (Lipinski definition) is 1. The normalized spacial score (nSPS) is 52.7. The first-order valence-corrected chi connectivity index (χ1v) is 8.86. The molecule has 3 fully saturated rings. The van der Waals surface area contributed by atoms with Crippen molar-refractivity contribution in [2.45, 2.75) is 71.3 Å². The van der Waals surface area contributed by atoms with Gasteiger partial charge in [0.2, 0.25) is 0 Å². The maximum absolute atomic E-state index is 12.4. The molecule has 0 radical (unpaired) electrons. The lowest BCUT2D eigenvalue weighted by atomic mass is 9.48.